The van der Waals surface area contributed by atoms with E-state index in [1.165, 1.54) is 0 Å². The van der Waals surface area contributed by atoms with Crippen molar-refractivity contribution in [3.63, 3.8) is 0 Å². The Morgan fingerprint density at radius 2 is 2.22 bits per heavy atom. The second-order valence-corrected chi connectivity index (χ2v) is 4.76. The number of carbonyl (C=O) groups excluding carboxylic acids is 1. The van der Waals surface area contributed by atoms with Crippen LogP contribution in [0.1, 0.15) is 38.4 Å². The predicted octanol–water partition coefficient (Wildman–Crippen LogP) is 2.49. The zero-order chi connectivity index (χ0) is 12.8. The maximum absolute atomic E-state index is 11.6. The minimum atomic E-state index is -0.0259. The lowest BCUT2D eigenvalue weighted by molar-refractivity contribution is -0.149. The summed E-state index contributed by atoms with van der Waals surface area (Å²) in [4.78, 5) is 11.6. The second-order valence-electron chi connectivity index (χ2n) is 4.76. The smallest absolute Gasteiger partial charge is 0.308 e. The van der Waals surface area contributed by atoms with Crippen LogP contribution in [0.25, 0.3) is 0 Å². The number of hydrogen-bond donors (Lipinski definition) is 1. The Labute approximate surface area is 108 Å². The minimum absolute atomic E-state index is 0.0259. The summed E-state index contributed by atoms with van der Waals surface area (Å²) in [5.74, 6) is 1.04. The van der Waals surface area contributed by atoms with Crippen molar-refractivity contribution in [2.45, 2.75) is 45.2 Å². The van der Waals surface area contributed by atoms with E-state index in [-0.39, 0.29) is 11.9 Å². The molecule has 1 fully saturated rings. The molecule has 0 aliphatic heterocycles. The highest BCUT2D eigenvalue weighted by atomic mass is 16.5. The minimum Gasteiger partial charge on any atom is -0.468 e. The summed E-state index contributed by atoms with van der Waals surface area (Å²) in [6.45, 7) is 3.10. The predicted molar refractivity (Wildman–Crippen MR) is 67.9 cm³/mol. The highest BCUT2D eigenvalue weighted by Gasteiger charge is 2.26. The number of rotatable bonds is 5. The molecule has 0 spiro atoms. The summed E-state index contributed by atoms with van der Waals surface area (Å²) in [6.07, 6.45) is 5.60. The molecule has 0 aromatic carbocycles. The third-order valence-corrected chi connectivity index (χ3v) is 3.49. The number of hydrogen-bond acceptors (Lipinski definition) is 4. The van der Waals surface area contributed by atoms with E-state index in [4.69, 9.17) is 9.15 Å². The molecule has 0 bridgehead atoms. The lowest BCUT2D eigenvalue weighted by atomic mass is 9.86. The van der Waals surface area contributed by atoms with Crippen molar-refractivity contribution >= 4 is 5.97 Å². The Kier molecular flexibility index (Phi) is 4.81. The first-order valence-electron chi connectivity index (χ1n) is 6.72. The van der Waals surface area contributed by atoms with Crippen molar-refractivity contribution < 1.29 is 13.9 Å². The van der Waals surface area contributed by atoms with Crippen molar-refractivity contribution in [3.05, 3.63) is 24.2 Å². The summed E-state index contributed by atoms with van der Waals surface area (Å²) in [7, 11) is 0. The van der Waals surface area contributed by atoms with Crippen LogP contribution in [0.5, 0.6) is 0 Å². The molecule has 1 N–H and O–H groups in total. The normalized spacial score (nSPS) is 23.8. The van der Waals surface area contributed by atoms with Gasteiger partial charge in [-0.1, -0.05) is 0 Å². The fraction of sp³-hybridized carbons (Fsp3) is 0.643. The van der Waals surface area contributed by atoms with Crippen LogP contribution in [0.2, 0.25) is 0 Å². The molecule has 0 unspecified atom stereocenters. The summed E-state index contributed by atoms with van der Waals surface area (Å²) in [5, 5.41) is 3.47. The molecule has 100 valence electrons. The molecular formula is C14H21NO3. The van der Waals surface area contributed by atoms with E-state index in [1.807, 2.05) is 19.1 Å². The van der Waals surface area contributed by atoms with Crippen molar-refractivity contribution in [1.82, 2.24) is 5.32 Å². The topological polar surface area (TPSA) is 51.5 Å². The van der Waals surface area contributed by atoms with Gasteiger partial charge in [-0.05, 0) is 44.7 Å². The SMILES string of the molecule is CCOC(=O)C1CCC(NCc2ccco2)CC1. The monoisotopic (exact) mass is 251 g/mol. The molecule has 2 rings (SSSR count). The van der Waals surface area contributed by atoms with Gasteiger partial charge >= 0.3 is 5.97 Å². The average Bonchev–Trinajstić information content (AvgIpc) is 2.90. The first-order valence-corrected chi connectivity index (χ1v) is 6.72. The molecule has 0 atom stereocenters. The van der Waals surface area contributed by atoms with Crippen LogP contribution < -0.4 is 5.32 Å². The van der Waals surface area contributed by atoms with Gasteiger partial charge in [-0.15, -0.1) is 0 Å². The standard InChI is InChI=1S/C14H21NO3/c1-2-17-14(16)11-5-7-12(8-6-11)15-10-13-4-3-9-18-13/h3-4,9,11-12,15H,2,5-8,10H2,1H3. The number of esters is 1. The van der Waals surface area contributed by atoms with Crippen LogP contribution in [-0.4, -0.2) is 18.6 Å². The maximum Gasteiger partial charge on any atom is 0.308 e. The molecule has 0 saturated heterocycles. The molecule has 4 nitrogen and oxygen atoms in total. The number of furan rings is 1. The summed E-state index contributed by atoms with van der Waals surface area (Å²) in [5.41, 5.74) is 0. The first-order chi connectivity index (χ1) is 8.79. The van der Waals surface area contributed by atoms with Gasteiger partial charge in [0, 0.05) is 6.04 Å². The third kappa shape index (κ3) is 3.60. The molecule has 1 aliphatic rings. The maximum atomic E-state index is 11.6. The number of carbonyl (C=O) groups is 1. The van der Waals surface area contributed by atoms with E-state index in [1.54, 1.807) is 6.26 Å². The van der Waals surface area contributed by atoms with Crippen LogP contribution in [0, 0.1) is 5.92 Å². The largest absolute Gasteiger partial charge is 0.468 e. The Bertz CT molecular complexity index is 353. The van der Waals surface area contributed by atoms with Crippen molar-refractivity contribution in [3.8, 4) is 0 Å². The van der Waals surface area contributed by atoms with Crippen molar-refractivity contribution in [2.24, 2.45) is 5.92 Å². The zero-order valence-corrected chi connectivity index (χ0v) is 10.9. The molecule has 0 amide bonds. The zero-order valence-electron chi connectivity index (χ0n) is 10.9. The molecule has 1 aliphatic carbocycles. The molecular weight excluding hydrogens is 230 g/mol. The highest BCUT2D eigenvalue weighted by Crippen LogP contribution is 2.25. The fourth-order valence-corrected chi connectivity index (χ4v) is 2.45. The Morgan fingerprint density at radius 3 is 2.83 bits per heavy atom. The third-order valence-electron chi connectivity index (χ3n) is 3.49. The quantitative estimate of drug-likeness (QED) is 0.817. The van der Waals surface area contributed by atoms with Crippen LogP contribution in [-0.2, 0) is 16.1 Å². The van der Waals surface area contributed by atoms with E-state index in [0.29, 0.717) is 12.6 Å². The van der Waals surface area contributed by atoms with Gasteiger partial charge in [0.2, 0.25) is 0 Å². The molecule has 18 heavy (non-hydrogen) atoms. The fourth-order valence-electron chi connectivity index (χ4n) is 2.45. The summed E-state index contributed by atoms with van der Waals surface area (Å²) >= 11 is 0. The first kappa shape index (κ1) is 13.1. The van der Waals surface area contributed by atoms with E-state index in [2.05, 4.69) is 5.32 Å². The van der Waals surface area contributed by atoms with Gasteiger partial charge in [-0.2, -0.15) is 0 Å². The molecule has 1 heterocycles. The van der Waals surface area contributed by atoms with Crippen LogP contribution in [0.4, 0.5) is 0 Å². The Hall–Kier alpha value is -1.29. The molecule has 0 radical (unpaired) electrons. The Morgan fingerprint density at radius 1 is 1.44 bits per heavy atom. The second kappa shape index (κ2) is 6.59. The van der Waals surface area contributed by atoms with E-state index >= 15 is 0 Å². The van der Waals surface area contributed by atoms with Gasteiger partial charge in [-0.25, -0.2) is 0 Å². The van der Waals surface area contributed by atoms with Gasteiger partial charge in [0.1, 0.15) is 5.76 Å². The summed E-state index contributed by atoms with van der Waals surface area (Å²) < 4.78 is 10.3. The van der Waals surface area contributed by atoms with E-state index < -0.39 is 0 Å². The van der Waals surface area contributed by atoms with Crippen LogP contribution >= 0.6 is 0 Å². The Balaban J connectivity index is 1.68. The number of nitrogens with one attached hydrogen (secondary N) is 1. The molecule has 1 aromatic heterocycles. The lowest BCUT2D eigenvalue weighted by Gasteiger charge is -2.27. The van der Waals surface area contributed by atoms with Gasteiger partial charge in [0.05, 0.1) is 25.3 Å². The van der Waals surface area contributed by atoms with Gasteiger partial charge in [-0.3, -0.25) is 4.79 Å². The van der Waals surface area contributed by atoms with Gasteiger partial charge in [0.25, 0.3) is 0 Å². The molecule has 1 aromatic rings. The summed E-state index contributed by atoms with van der Waals surface area (Å²) in [6, 6.07) is 4.35. The van der Waals surface area contributed by atoms with Gasteiger partial charge in [0.15, 0.2) is 0 Å². The lowest BCUT2D eigenvalue weighted by Crippen LogP contribution is -2.35. The van der Waals surface area contributed by atoms with Crippen LogP contribution in [0.15, 0.2) is 22.8 Å². The molecule has 4 heteroatoms. The average molecular weight is 251 g/mol. The van der Waals surface area contributed by atoms with Crippen LogP contribution in [0.3, 0.4) is 0 Å². The molecule has 1 saturated carbocycles. The number of ether oxygens (including phenoxy) is 1. The highest BCUT2D eigenvalue weighted by molar-refractivity contribution is 5.72. The van der Waals surface area contributed by atoms with Crippen molar-refractivity contribution in [2.75, 3.05) is 6.61 Å². The van der Waals surface area contributed by atoms with E-state index in [9.17, 15) is 4.79 Å². The van der Waals surface area contributed by atoms with Gasteiger partial charge < -0.3 is 14.5 Å². The van der Waals surface area contributed by atoms with Crippen molar-refractivity contribution in [1.29, 1.82) is 0 Å². The van der Waals surface area contributed by atoms with E-state index in [0.717, 1.165) is 38.0 Å².